The van der Waals surface area contributed by atoms with E-state index in [0.717, 1.165) is 18.4 Å². The molecule has 1 aliphatic carbocycles. The average Bonchev–Trinajstić information content (AvgIpc) is 3.13. The lowest BCUT2D eigenvalue weighted by Gasteiger charge is -2.25. The van der Waals surface area contributed by atoms with Crippen LogP contribution in [0.1, 0.15) is 29.6 Å². The molecular weight excluding hydrogens is 318 g/mol. The van der Waals surface area contributed by atoms with E-state index in [2.05, 4.69) is 25.5 Å². The normalized spacial score (nSPS) is 13.9. The van der Waals surface area contributed by atoms with Crippen molar-refractivity contribution in [2.75, 3.05) is 5.32 Å². The number of benzene rings is 1. The van der Waals surface area contributed by atoms with Gasteiger partial charge in [-0.15, -0.1) is 0 Å². The Morgan fingerprint density at radius 2 is 2.12 bits per heavy atom. The van der Waals surface area contributed by atoms with Crippen molar-refractivity contribution in [1.82, 2.24) is 20.2 Å². The maximum absolute atomic E-state index is 12.5. The molecule has 7 nitrogen and oxygen atoms in total. The van der Waals surface area contributed by atoms with Crippen LogP contribution in [0, 0.1) is 0 Å². The number of carbonyl (C=O) groups excluding carboxylic acids is 1. The van der Waals surface area contributed by atoms with Gasteiger partial charge in [0.1, 0.15) is 12.4 Å². The monoisotopic (exact) mass is 335 g/mol. The molecule has 2 aromatic heterocycles. The number of hydrogen-bond acceptors (Lipinski definition) is 5. The van der Waals surface area contributed by atoms with Crippen molar-refractivity contribution >= 4 is 11.6 Å². The standard InChI is InChI=1S/C18H17N5O2/c24-18(13-7-8-19-16(10-13)25-15-5-2-6-15)22-14-4-1-3-12(9-14)17-20-11-21-23-17/h1,3-4,7-11,15H,2,5-6H2,(H,22,24)(H,20,21,23). The van der Waals surface area contributed by atoms with Crippen LogP contribution in [0.3, 0.4) is 0 Å². The Morgan fingerprint density at radius 3 is 2.88 bits per heavy atom. The minimum atomic E-state index is -0.212. The summed E-state index contributed by atoms with van der Waals surface area (Å²) >= 11 is 0. The molecule has 25 heavy (non-hydrogen) atoms. The van der Waals surface area contributed by atoms with Gasteiger partial charge in [-0.1, -0.05) is 12.1 Å². The Hall–Kier alpha value is -3.22. The average molecular weight is 335 g/mol. The lowest BCUT2D eigenvalue weighted by atomic mass is 9.96. The van der Waals surface area contributed by atoms with Gasteiger partial charge in [-0.05, 0) is 37.5 Å². The highest BCUT2D eigenvalue weighted by molar-refractivity contribution is 6.04. The SMILES string of the molecule is O=C(Nc1cccc(-c2ncn[nH]2)c1)c1ccnc(OC2CCC2)c1. The van der Waals surface area contributed by atoms with Crippen LogP contribution in [0.15, 0.2) is 48.9 Å². The molecule has 4 rings (SSSR count). The van der Waals surface area contributed by atoms with Crippen LogP contribution in [0.25, 0.3) is 11.4 Å². The minimum absolute atomic E-state index is 0.212. The molecule has 2 N–H and O–H groups in total. The van der Waals surface area contributed by atoms with Crippen molar-refractivity contribution in [2.24, 2.45) is 0 Å². The van der Waals surface area contributed by atoms with Gasteiger partial charge in [0.25, 0.3) is 5.91 Å². The largest absolute Gasteiger partial charge is 0.474 e. The Balaban J connectivity index is 1.48. The van der Waals surface area contributed by atoms with E-state index in [9.17, 15) is 4.79 Å². The zero-order valence-corrected chi connectivity index (χ0v) is 13.5. The van der Waals surface area contributed by atoms with Crippen LogP contribution < -0.4 is 10.1 Å². The highest BCUT2D eigenvalue weighted by Gasteiger charge is 2.20. The third-order valence-electron chi connectivity index (χ3n) is 4.15. The van der Waals surface area contributed by atoms with Crippen molar-refractivity contribution in [2.45, 2.75) is 25.4 Å². The Kier molecular flexibility index (Phi) is 4.12. The number of ether oxygens (including phenoxy) is 1. The third-order valence-corrected chi connectivity index (χ3v) is 4.15. The zero-order chi connectivity index (χ0) is 17.1. The van der Waals surface area contributed by atoms with Gasteiger partial charge in [-0.25, -0.2) is 9.97 Å². The highest BCUT2D eigenvalue weighted by atomic mass is 16.5. The fourth-order valence-corrected chi connectivity index (χ4v) is 2.57. The van der Waals surface area contributed by atoms with Crippen LogP contribution in [0.2, 0.25) is 0 Å². The topological polar surface area (TPSA) is 92.8 Å². The Morgan fingerprint density at radius 1 is 1.20 bits per heavy atom. The van der Waals surface area contributed by atoms with Crippen LogP contribution in [-0.2, 0) is 0 Å². The number of hydrogen-bond donors (Lipinski definition) is 2. The molecule has 0 atom stereocenters. The minimum Gasteiger partial charge on any atom is -0.474 e. The summed E-state index contributed by atoms with van der Waals surface area (Å²) in [6, 6.07) is 10.8. The van der Waals surface area contributed by atoms with E-state index in [-0.39, 0.29) is 12.0 Å². The summed E-state index contributed by atoms with van der Waals surface area (Å²) in [5.41, 5.74) is 2.03. The molecule has 0 unspecified atom stereocenters. The van der Waals surface area contributed by atoms with Gasteiger partial charge >= 0.3 is 0 Å². The second kappa shape index (κ2) is 6.72. The van der Waals surface area contributed by atoms with E-state index in [1.54, 1.807) is 18.3 Å². The number of H-pyrrole nitrogens is 1. The summed E-state index contributed by atoms with van der Waals surface area (Å²) < 4.78 is 5.75. The van der Waals surface area contributed by atoms with Gasteiger partial charge in [0.2, 0.25) is 5.88 Å². The van der Waals surface area contributed by atoms with E-state index >= 15 is 0 Å². The summed E-state index contributed by atoms with van der Waals surface area (Å²) in [5, 5.41) is 9.53. The van der Waals surface area contributed by atoms with E-state index in [1.807, 2.05) is 24.3 Å². The predicted octanol–water partition coefficient (Wildman–Crippen LogP) is 3.05. The van der Waals surface area contributed by atoms with Crippen molar-refractivity contribution in [3.8, 4) is 17.3 Å². The second-order valence-electron chi connectivity index (χ2n) is 5.92. The number of aromatic amines is 1. The van der Waals surface area contributed by atoms with Crippen molar-refractivity contribution in [3.05, 3.63) is 54.5 Å². The maximum atomic E-state index is 12.5. The summed E-state index contributed by atoms with van der Waals surface area (Å²) in [6.45, 7) is 0. The lowest BCUT2D eigenvalue weighted by Crippen LogP contribution is -2.25. The number of nitrogens with zero attached hydrogens (tertiary/aromatic N) is 3. The van der Waals surface area contributed by atoms with Crippen LogP contribution in [-0.4, -0.2) is 32.2 Å². The number of carbonyl (C=O) groups is 1. The molecule has 1 aromatic carbocycles. The smallest absolute Gasteiger partial charge is 0.255 e. The van der Waals surface area contributed by atoms with E-state index in [4.69, 9.17) is 4.74 Å². The molecule has 3 aromatic rings. The van der Waals surface area contributed by atoms with Gasteiger partial charge in [0, 0.05) is 29.1 Å². The van der Waals surface area contributed by atoms with Crippen molar-refractivity contribution < 1.29 is 9.53 Å². The molecule has 1 aliphatic rings. The molecule has 1 fully saturated rings. The van der Waals surface area contributed by atoms with Crippen molar-refractivity contribution in [1.29, 1.82) is 0 Å². The Labute approximate surface area is 144 Å². The number of nitrogens with one attached hydrogen (secondary N) is 2. The molecule has 1 amide bonds. The van der Waals surface area contributed by atoms with E-state index in [1.165, 1.54) is 12.7 Å². The molecule has 0 spiro atoms. The molecule has 1 saturated carbocycles. The molecule has 126 valence electrons. The molecule has 2 heterocycles. The molecular formula is C18H17N5O2. The lowest BCUT2D eigenvalue weighted by molar-refractivity contribution is 0.101. The number of rotatable bonds is 5. The summed E-state index contributed by atoms with van der Waals surface area (Å²) in [4.78, 5) is 20.8. The number of anilines is 1. The quantitative estimate of drug-likeness (QED) is 0.747. The van der Waals surface area contributed by atoms with Crippen LogP contribution in [0.4, 0.5) is 5.69 Å². The summed E-state index contributed by atoms with van der Waals surface area (Å²) in [6.07, 6.45) is 6.55. The van der Waals surface area contributed by atoms with Gasteiger partial charge in [0.05, 0.1) is 0 Å². The zero-order valence-electron chi connectivity index (χ0n) is 13.5. The first-order valence-corrected chi connectivity index (χ1v) is 8.18. The first-order valence-electron chi connectivity index (χ1n) is 8.18. The van der Waals surface area contributed by atoms with Gasteiger partial charge < -0.3 is 10.1 Å². The van der Waals surface area contributed by atoms with Gasteiger partial charge in [-0.3, -0.25) is 9.89 Å². The highest BCUT2D eigenvalue weighted by Crippen LogP contribution is 2.24. The maximum Gasteiger partial charge on any atom is 0.255 e. The summed E-state index contributed by atoms with van der Waals surface area (Å²) in [5.74, 6) is 0.930. The van der Waals surface area contributed by atoms with E-state index in [0.29, 0.717) is 23.0 Å². The Bertz CT molecular complexity index is 875. The van der Waals surface area contributed by atoms with Gasteiger partial charge in [-0.2, -0.15) is 5.10 Å². The van der Waals surface area contributed by atoms with Crippen molar-refractivity contribution in [3.63, 3.8) is 0 Å². The fourth-order valence-electron chi connectivity index (χ4n) is 2.57. The molecule has 0 radical (unpaired) electrons. The first-order chi connectivity index (χ1) is 12.3. The fraction of sp³-hybridized carbons (Fsp3) is 0.222. The number of aromatic nitrogens is 4. The molecule has 0 saturated heterocycles. The van der Waals surface area contributed by atoms with Crippen LogP contribution >= 0.6 is 0 Å². The first kappa shape index (κ1) is 15.3. The summed E-state index contributed by atoms with van der Waals surface area (Å²) in [7, 11) is 0. The molecule has 7 heteroatoms. The van der Waals surface area contributed by atoms with Gasteiger partial charge in [0.15, 0.2) is 5.82 Å². The molecule has 0 bridgehead atoms. The van der Waals surface area contributed by atoms with E-state index < -0.39 is 0 Å². The number of pyridine rings is 1. The predicted molar refractivity (Wildman–Crippen MR) is 92.3 cm³/mol. The number of amides is 1. The van der Waals surface area contributed by atoms with Crippen LogP contribution in [0.5, 0.6) is 5.88 Å². The molecule has 0 aliphatic heterocycles. The second-order valence-corrected chi connectivity index (χ2v) is 5.92. The third kappa shape index (κ3) is 3.50.